The van der Waals surface area contributed by atoms with Crippen molar-refractivity contribution >= 4 is 27.5 Å². The highest BCUT2D eigenvalue weighted by Gasteiger charge is 2.33. The molecular weight excluding hydrogens is 374 g/mol. The van der Waals surface area contributed by atoms with Crippen LogP contribution in [0.2, 0.25) is 0 Å². The molecule has 0 radical (unpaired) electrons. The second kappa shape index (κ2) is 7.87. The number of amides is 1. The van der Waals surface area contributed by atoms with Gasteiger partial charge in [-0.25, -0.2) is 8.42 Å². The zero-order valence-electron chi connectivity index (χ0n) is 15.6. The molecule has 7 heteroatoms. The minimum Gasteiger partial charge on any atom is -0.324 e. The lowest BCUT2D eigenvalue weighted by atomic mass is 9.98. The van der Waals surface area contributed by atoms with Crippen LogP contribution >= 0.6 is 0 Å². The molecule has 0 spiro atoms. The number of hydrogen-bond acceptors (Lipinski definition) is 4. The lowest BCUT2D eigenvalue weighted by Gasteiger charge is -2.19. The highest BCUT2D eigenvalue weighted by atomic mass is 32.2. The van der Waals surface area contributed by atoms with Gasteiger partial charge in [0.05, 0.1) is 4.90 Å². The van der Waals surface area contributed by atoms with Crippen LogP contribution in [0, 0.1) is 18.3 Å². The van der Waals surface area contributed by atoms with E-state index in [9.17, 15) is 13.2 Å². The maximum atomic E-state index is 12.9. The van der Waals surface area contributed by atoms with E-state index in [1.165, 1.54) is 6.07 Å². The molecule has 6 nitrogen and oxygen atoms in total. The molecule has 0 unspecified atom stereocenters. The van der Waals surface area contributed by atoms with Crippen molar-refractivity contribution in [1.82, 2.24) is 4.72 Å². The Kier molecular flexibility index (Phi) is 5.52. The lowest BCUT2D eigenvalue weighted by molar-refractivity contribution is -0.118. The van der Waals surface area contributed by atoms with Crippen LogP contribution in [-0.2, 0) is 14.8 Å². The molecule has 0 aromatic heterocycles. The first-order valence-electron chi connectivity index (χ1n) is 8.93. The van der Waals surface area contributed by atoms with Crippen molar-refractivity contribution in [2.75, 3.05) is 5.32 Å². The van der Waals surface area contributed by atoms with Crippen LogP contribution in [0.4, 0.5) is 5.69 Å². The molecule has 0 bridgehead atoms. The Bertz CT molecular complexity index is 1080. The number of carbonyl (C=O) groups excluding carboxylic acids is 1. The number of benzene rings is 2. The monoisotopic (exact) mass is 395 g/mol. The van der Waals surface area contributed by atoms with E-state index in [2.05, 4.69) is 21.0 Å². The molecule has 0 saturated heterocycles. The minimum atomic E-state index is -3.66. The molecule has 0 saturated carbocycles. The number of nitrogens with one attached hydrogen (secondary N) is 2. The number of sulfonamides is 1. The zero-order chi connectivity index (χ0) is 20.3. The third kappa shape index (κ3) is 3.92. The van der Waals surface area contributed by atoms with Gasteiger partial charge in [0.2, 0.25) is 5.91 Å². The standard InChI is InChI=1S/C21H21N3O3S/c1-4-14(3)19(21(25)22-16-10-8-9-15(5-2)13-16)23-20-17-11-6-7-12-18(17)28(26,27)24-20/h2,6-14,19H,4H2,1,3H3,(H,22,25)(H,23,24)/t14-,19-/m0/s1. The predicted molar refractivity (Wildman–Crippen MR) is 110 cm³/mol. The summed E-state index contributed by atoms with van der Waals surface area (Å²) < 4.78 is 27.1. The number of carbonyl (C=O) groups is 1. The summed E-state index contributed by atoms with van der Waals surface area (Å²) in [6.45, 7) is 3.86. The number of terminal acetylenes is 1. The normalized spacial score (nSPS) is 17.8. The van der Waals surface area contributed by atoms with Crippen molar-refractivity contribution in [3.63, 3.8) is 0 Å². The average molecular weight is 395 g/mol. The third-order valence-corrected chi connectivity index (χ3v) is 6.08. The van der Waals surface area contributed by atoms with Crippen LogP contribution < -0.4 is 10.0 Å². The third-order valence-electron chi connectivity index (χ3n) is 4.68. The van der Waals surface area contributed by atoms with Crippen molar-refractivity contribution in [2.24, 2.45) is 10.9 Å². The van der Waals surface area contributed by atoms with Crippen LogP contribution in [0.15, 0.2) is 58.4 Å². The number of fused-ring (bicyclic) bond motifs is 1. The van der Waals surface area contributed by atoms with Crippen LogP contribution in [0.1, 0.15) is 31.4 Å². The lowest BCUT2D eigenvalue weighted by Crippen LogP contribution is -2.34. The first-order valence-corrected chi connectivity index (χ1v) is 10.4. The fraction of sp³-hybridized carbons (Fsp3) is 0.238. The summed E-state index contributed by atoms with van der Waals surface area (Å²) in [7, 11) is -3.66. The number of aliphatic imine (C=N–C) groups is 1. The van der Waals surface area contributed by atoms with E-state index in [4.69, 9.17) is 6.42 Å². The number of hydrogen-bond donors (Lipinski definition) is 2. The van der Waals surface area contributed by atoms with E-state index >= 15 is 0 Å². The molecule has 2 N–H and O–H groups in total. The summed E-state index contributed by atoms with van der Waals surface area (Å²) >= 11 is 0. The summed E-state index contributed by atoms with van der Waals surface area (Å²) in [6.07, 6.45) is 6.11. The van der Waals surface area contributed by atoms with Gasteiger partial charge in [0.15, 0.2) is 0 Å². The molecule has 1 aliphatic heterocycles. The molecule has 2 aromatic carbocycles. The topological polar surface area (TPSA) is 87.6 Å². The second-order valence-electron chi connectivity index (χ2n) is 6.62. The summed E-state index contributed by atoms with van der Waals surface area (Å²) in [5.74, 6) is 2.30. The Morgan fingerprint density at radius 3 is 2.71 bits per heavy atom. The maximum absolute atomic E-state index is 12.9. The molecule has 0 aliphatic carbocycles. The van der Waals surface area contributed by atoms with E-state index in [0.29, 0.717) is 23.2 Å². The number of amidine groups is 1. The molecule has 2 atom stereocenters. The quantitative estimate of drug-likeness (QED) is 0.763. The Hall–Kier alpha value is -3.11. The molecule has 2 aromatic rings. The highest BCUT2D eigenvalue weighted by molar-refractivity contribution is 7.90. The van der Waals surface area contributed by atoms with Gasteiger partial charge in [-0.05, 0) is 36.2 Å². The van der Waals surface area contributed by atoms with Gasteiger partial charge in [0.1, 0.15) is 11.9 Å². The van der Waals surface area contributed by atoms with Gasteiger partial charge in [-0.3, -0.25) is 14.5 Å². The van der Waals surface area contributed by atoms with E-state index in [-0.39, 0.29) is 22.6 Å². The fourth-order valence-corrected chi connectivity index (χ4v) is 4.18. The summed E-state index contributed by atoms with van der Waals surface area (Å²) in [5.41, 5.74) is 1.70. The summed E-state index contributed by atoms with van der Waals surface area (Å²) in [5, 5.41) is 2.83. The fourth-order valence-electron chi connectivity index (χ4n) is 2.94. The Morgan fingerprint density at radius 2 is 2.00 bits per heavy atom. The Morgan fingerprint density at radius 1 is 1.25 bits per heavy atom. The number of anilines is 1. The maximum Gasteiger partial charge on any atom is 0.263 e. The van der Waals surface area contributed by atoms with Crippen LogP contribution in [0.5, 0.6) is 0 Å². The largest absolute Gasteiger partial charge is 0.324 e. The number of nitrogens with zero attached hydrogens (tertiary/aromatic N) is 1. The molecule has 3 rings (SSSR count). The molecule has 1 aliphatic rings. The Labute approximate surface area is 165 Å². The molecule has 144 valence electrons. The smallest absolute Gasteiger partial charge is 0.263 e. The SMILES string of the molecule is C#Cc1cccc(NC(=O)[C@@H](N=C2NS(=O)(=O)c3ccccc32)[C@@H](C)CC)c1. The van der Waals surface area contributed by atoms with Crippen LogP contribution in [0.3, 0.4) is 0 Å². The highest BCUT2D eigenvalue weighted by Crippen LogP contribution is 2.24. The van der Waals surface area contributed by atoms with E-state index in [0.717, 1.165) is 0 Å². The minimum absolute atomic E-state index is 0.0967. The van der Waals surface area contributed by atoms with Crippen molar-refractivity contribution in [3.05, 3.63) is 59.7 Å². The van der Waals surface area contributed by atoms with Gasteiger partial charge >= 0.3 is 0 Å². The van der Waals surface area contributed by atoms with Gasteiger partial charge < -0.3 is 5.32 Å². The van der Waals surface area contributed by atoms with Gasteiger partial charge in [-0.15, -0.1) is 6.42 Å². The van der Waals surface area contributed by atoms with Crippen molar-refractivity contribution in [3.8, 4) is 12.3 Å². The molecule has 28 heavy (non-hydrogen) atoms. The summed E-state index contributed by atoms with van der Waals surface area (Å²) in [6, 6.07) is 12.8. The van der Waals surface area contributed by atoms with Gasteiger partial charge in [0.25, 0.3) is 10.0 Å². The zero-order valence-corrected chi connectivity index (χ0v) is 16.5. The van der Waals surface area contributed by atoms with Gasteiger partial charge in [0, 0.05) is 16.8 Å². The summed E-state index contributed by atoms with van der Waals surface area (Å²) in [4.78, 5) is 17.6. The van der Waals surface area contributed by atoms with Crippen molar-refractivity contribution in [2.45, 2.75) is 31.2 Å². The first-order chi connectivity index (χ1) is 13.4. The molecule has 1 heterocycles. The van der Waals surface area contributed by atoms with Crippen LogP contribution in [-0.4, -0.2) is 26.2 Å². The van der Waals surface area contributed by atoms with Crippen molar-refractivity contribution < 1.29 is 13.2 Å². The van der Waals surface area contributed by atoms with E-state index in [1.807, 2.05) is 13.8 Å². The van der Waals surface area contributed by atoms with E-state index < -0.39 is 16.1 Å². The molecule has 0 fully saturated rings. The van der Waals surface area contributed by atoms with Crippen LogP contribution in [0.25, 0.3) is 0 Å². The van der Waals surface area contributed by atoms with E-state index in [1.54, 1.807) is 42.5 Å². The Balaban J connectivity index is 1.94. The molecular formula is C21H21N3O3S. The average Bonchev–Trinajstić information content (AvgIpc) is 2.96. The second-order valence-corrected chi connectivity index (χ2v) is 8.27. The first kappa shape index (κ1) is 19.6. The molecule has 1 amide bonds. The number of rotatable bonds is 5. The predicted octanol–water partition coefficient (Wildman–Crippen LogP) is 2.76. The van der Waals surface area contributed by atoms with Crippen molar-refractivity contribution in [1.29, 1.82) is 0 Å². The van der Waals surface area contributed by atoms with Gasteiger partial charge in [-0.2, -0.15) is 0 Å². The van der Waals surface area contributed by atoms with Gasteiger partial charge in [-0.1, -0.05) is 44.4 Å².